The second kappa shape index (κ2) is 6.80. The van der Waals surface area contributed by atoms with Gasteiger partial charge in [0.2, 0.25) is 5.91 Å². The Morgan fingerprint density at radius 2 is 2.20 bits per heavy atom. The highest BCUT2D eigenvalue weighted by Crippen LogP contribution is 2.15. The average molecular weight is 216 g/mol. The third-order valence-corrected chi connectivity index (χ3v) is 2.92. The minimum atomic E-state index is -0.297. The third-order valence-electron chi connectivity index (χ3n) is 2.92. The first kappa shape index (κ1) is 14.4. The van der Waals surface area contributed by atoms with Crippen LogP contribution in [0.4, 0.5) is 0 Å². The molecular weight excluding hydrogens is 192 g/mol. The van der Waals surface area contributed by atoms with Gasteiger partial charge in [-0.2, -0.15) is 0 Å². The second-order valence-electron chi connectivity index (χ2n) is 4.36. The van der Waals surface area contributed by atoms with Gasteiger partial charge >= 0.3 is 0 Å². The summed E-state index contributed by atoms with van der Waals surface area (Å²) in [6.07, 6.45) is 2.10. The lowest BCUT2D eigenvalue weighted by Gasteiger charge is -2.30. The van der Waals surface area contributed by atoms with Crippen LogP contribution in [0.2, 0.25) is 0 Å². The zero-order valence-electron chi connectivity index (χ0n) is 10.0. The van der Waals surface area contributed by atoms with Crippen molar-refractivity contribution < 1.29 is 9.90 Å². The number of rotatable bonds is 7. The van der Waals surface area contributed by atoms with E-state index in [1.807, 2.05) is 20.8 Å². The Morgan fingerprint density at radius 1 is 1.60 bits per heavy atom. The summed E-state index contributed by atoms with van der Waals surface area (Å²) in [5, 5.41) is 11.9. The molecule has 0 heterocycles. The van der Waals surface area contributed by atoms with Gasteiger partial charge in [0.05, 0.1) is 0 Å². The van der Waals surface area contributed by atoms with Crippen LogP contribution in [0.15, 0.2) is 0 Å². The van der Waals surface area contributed by atoms with E-state index in [1.165, 1.54) is 0 Å². The second-order valence-corrected chi connectivity index (χ2v) is 4.36. The molecule has 4 heteroatoms. The van der Waals surface area contributed by atoms with Gasteiger partial charge in [-0.1, -0.05) is 13.8 Å². The van der Waals surface area contributed by atoms with Crippen LogP contribution in [0.1, 0.15) is 40.0 Å². The summed E-state index contributed by atoms with van der Waals surface area (Å²) in [5.74, 6) is -0.0298. The first-order chi connectivity index (χ1) is 6.99. The summed E-state index contributed by atoms with van der Waals surface area (Å²) >= 11 is 0. The highest BCUT2D eigenvalue weighted by atomic mass is 16.3. The number of carbonyl (C=O) groups excluding carboxylic acids is 1. The van der Waals surface area contributed by atoms with Crippen LogP contribution in [0.25, 0.3) is 0 Å². The molecule has 0 spiro atoms. The number of amides is 1. The van der Waals surface area contributed by atoms with Gasteiger partial charge in [-0.25, -0.2) is 0 Å². The maximum atomic E-state index is 11.7. The lowest BCUT2D eigenvalue weighted by molar-refractivity contribution is -0.126. The van der Waals surface area contributed by atoms with Crippen LogP contribution >= 0.6 is 0 Å². The number of nitrogens with two attached hydrogens (primary N) is 1. The van der Waals surface area contributed by atoms with Crippen LogP contribution in [0, 0.1) is 5.92 Å². The van der Waals surface area contributed by atoms with E-state index in [2.05, 4.69) is 5.32 Å². The smallest absolute Gasteiger partial charge is 0.223 e. The molecule has 90 valence electrons. The number of hydrogen-bond acceptors (Lipinski definition) is 3. The Bertz CT molecular complexity index is 197. The largest absolute Gasteiger partial charge is 0.396 e. The SMILES string of the molecule is CCC(C)(CCO)NC(=O)C(C)CCN. The van der Waals surface area contributed by atoms with Crippen molar-refractivity contribution in [2.45, 2.75) is 45.6 Å². The fourth-order valence-corrected chi connectivity index (χ4v) is 1.38. The Labute approximate surface area is 92.2 Å². The molecule has 0 aliphatic heterocycles. The van der Waals surface area contributed by atoms with Gasteiger partial charge in [0.25, 0.3) is 0 Å². The molecule has 0 aromatic heterocycles. The first-order valence-corrected chi connectivity index (χ1v) is 5.62. The van der Waals surface area contributed by atoms with E-state index in [-0.39, 0.29) is 24.0 Å². The van der Waals surface area contributed by atoms with Crippen LogP contribution in [-0.4, -0.2) is 29.7 Å². The normalized spacial score (nSPS) is 16.9. The molecule has 4 nitrogen and oxygen atoms in total. The topological polar surface area (TPSA) is 75.3 Å². The van der Waals surface area contributed by atoms with Crippen LogP contribution in [0.3, 0.4) is 0 Å². The molecular formula is C11H24N2O2. The fraction of sp³-hybridized carbons (Fsp3) is 0.909. The Kier molecular flexibility index (Phi) is 6.52. The molecule has 2 unspecified atom stereocenters. The molecule has 1 amide bonds. The highest BCUT2D eigenvalue weighted by Gasteiger charge is 2.25. The van der Waals surface area contributed by atoms with Crippen molar-refractivity contribution in [2.24, 2.45) is 11.7 Å². The van der Waals surface area contributed by atoms with E-state index in [9.17, 15) is 4.79 Å². The number of carbonyl (C=O) groups is 1. The predicted molar refractivity (Wildman–Crippen MR) is 61.4 cm³/mol. The van der Waals surface area contributed by atoms with Gasteiger partial charge < -0.3 is 16.2 Å². The zero-order valence-corrected chi connectivity index (χ0v) is 10.0. The van der Waals surface area contributed by atoms with Crippen molar-refractivity contribution in [1.29, 1.82) is 0 Å². The summed E-state index contributed by atoms with van der Waals surface area (Å²) in [4.78, 5) is 11.7. The quantitative estimate of drug-likeness (QED) is 0.584. The van der Waals surface area contributed by atoms with E-state index < -0.39 is 0 Å². The first-order valence-electron chi connectivity index (χ1n) is 5.62. The molecule has 0 saturated carbocycles. The zero-order chi connectivity index (χ0) is 11.9. The van der Waals surface area contributed by atoms with Gasteiger partial charge in [0.1, 0.15) is 0 Å². The van der Waals surface area contributed by atoms with Crippen LogP contribution < -0.4 is 11.1 Å². The van der Waals surface area contributed by atoms with Crippen molar-refractivity contribution >= 4 is 5.91 Å². The summed E-state index contributed by atoms with van der Waals surface area (Å²) in [5.41, 5.74) is 5.11. The summed E-state index contributed by atoms with van der Waals surface area (Å²) in [6.45, 7) is 6.45. The lowest BCUT2D eigenvalue weighted by atomic mass is 9.93. The summed E-state index contributed by atoms with van der Waals surface area (Å²) in [6, 6.07) is 0. The lowest BCUT2D eigenvalue weighted by Crippen LogP contribution is -2.48. The van der Waals surface area contributed by atoms with E-state index in [0.29, 0.717) is 19.4 Å². The molecule has 2 atom stereocenters. The molecule has 15 heavy (non-hydrogen) atoms. The number of nitrogens with one attached hydrogen (secondary N) is 1. The van der Waals surface area contributed by atoms with Crippen molar-refractivity contribution in [2.75, 3.05) is 13.2 Å². The Morgan fingerprint density at radius 3 is 2.60 bits per heavy atom. The molecule has 0 rings (SSSR count). The minimum Gasteiger partial charge on any atom is -0.396 e. The van der Waals surface area contributed by atoms with Gasteiger partial charge in [-0.3, -0.25) is 4.79 Å². The van der Waals surface area contributed by atoms with Gasteiger partial charge in [0, 0.05) is 18.1 Å². The molecule has 0 bridgehead atoms. The third kappa shape index (κ3) is 5.14. The summed E-state index contributed by atoms with van der Waals surface area (Å²) < 4.78 is 0. The van der Waals surface area contributed by atoms with Crippen molar-refractivity contribution in [1.82, 2.24) is 5.32 Å². The number of aliphatic hydroxyl groups is 1. The Balaban J connectivity index is 4.22. The molecule has 4 N–H and O–H groups in total. The average Bonchev–Trinajstić information content (AvgIpc) is 2.18. The molecule has 0 aromatic rings. The van der Waals surface area contributed by atoms with Crippen molar-refractivity contribution in [3.8, 4) is 0 Å². The van der Waals surface area contributed by atoms with E-state index in [1.54, 1.807) is 0 Å². The minimum absolute atomic E-state index is 0.0262. The molecule has 0 aromatic carbocycles. The molecule has 0 aliphatic carbocycles. The number of aliphatic hydroxyl groups excluding tert-OH is 1. The van der Waals surface area contributed by atoms with Gasteiger partial charge in [0.15, 0.2) is 0 Å². The monoisotopic (exact) mass is 216 g/mol. The maximum absolute atomic E-state index is 11.7. The molecule has 0 fully saturated rings. The fourth-order valence-electron chi connectivity index (χ4n) is 1.38. The Hall–Kier alpha value is -0.610. The van der Waals surface area contributed by atoms with E-state index >= 15 is 0 Å². The van der Waals surface area contributed by atoms with E-state index in [0.717, 1.165) is 6.42 Å². The molecule has 0 saturated heterocycles. The molecule has 0 radical (unpaired) electrons. The predicted octanol–water partition coefficient (Wildman–Crippen LogP) is 0.639. The van der Waals surface area contributed by atoms with E-state index in [4.69, 9.17) is 10.8 Å². The van der Waals surface area contributed by atoms with Crippen LogP contribution in [0.5, 0.6) is 0 Å². The van der Waals surface area contributed by atoms with Gasteiger partial charge in [-0.05, 0) is 32.7 Å². The maximum Gasteiger partial charge on any atom is 0.223 e. The highest BCUT2D eigenvalue weighted by molar-refractivity contribution is 5.79. The van der Waals surface area contributed by atoms with Crippen LogP contribution in [-0.2, 0) is 4.79 Å². The standard InChI is InChI=1S/C11H24N2O2/c1-4-11(3,6-8-14)13-10(15)9(2)5-7-12/h9,14H,4-8,12H2,1-3H3,(H,13,15). The van der Waals surface area contributed by atoms with Crippen molar-refractivity contribution in [3.05, 3.63) is 0 Å². The van der Waals surface area contributed by atoms with Crippen molar-refractivity contribution in [3.63, 3.8) is 0 Å². The summed E-state index contributed by atoms with van der Waals surface area (Å²) in [7, 11) is 0. The number of hydrogen-bond donors (Lipinski definition) is 3. The molecule has 0 aliphatic rings. The van der Waals surface area contributed by atoms with Gasteiger partial charge in [-0.15, -0.1) is 0 Å².